The maximum atomic E-state index is 9.92. The van der Waals surface area contributed by atoms with Crippen molar-refractivity contribution < 1.29 is 14.3 Å². The molecule has 0 bridgehead atoms. The molecule has 4 nitrogen and oxygen atoms in total. The molecule has 4 heteroatoms. The molecular formula is C10H9NO3. The smallest absolute Gasteiger partial charge is 0.235 e. The van der Waals surface area contributed by atoms with Crippen LogP contribution in [0.1, 0.15) is 5.56 Å². The SMILES string of the molecule is O=C=NCc1ccc2c(c1)OCCO2. The maximum Gasteiger partial charge on any atom is 0.235 e. The van der Waals surface area contributed by atoms with E-state index >= 15 is 0 Å². The summed E-state index contributed by atoms with van der Waals surface area (Å²) in [7, 11) is 0. The van der Waals surface area contributed by atoms with Crippen molar-refractivity contribution in [3.63, 3.8) is 0 Å². The van der Waals surface area contributed by atoms with Crippen LogP contribution in [0.5, 0.6) is 11.5 Å². The molecular weight excluding hydrogens is 182 g/mol. The molecule has 0 N–H and O–H groups in total. The first-order chi connectivity index (χ1) is 6.90. The second-order valence-corrected chi connectivity index (χ2v) is 2.89. The molecule has 1 aromatic rings. The van der Waals surface area contributed by atoms with E-state index in [2.05, 4.69) is 4.99 Å². The van der Waals surface area contributed by atoms with Gasteiger partial charge in [-0.3, -0.25) is 0 Å². The topological polar surface area (TPSA) is 47.9 Å². The van der Waals surface area contributed by atoms with Crippen molar-refractivity contribution in [2.45, 2.75) is 6.54 Å². The molecule has 1 aromatic carbocycles. The molecule has 1 aliphatic heterocycles. The molecule has 0 unspecified atom stereocenters. The van der Waals surface area contributed by atoms with Gasteiger partial charge in [-0.15, -0.1) is 0 Å². The summed E-state index contributed by atoms with van der Waals surface area (Å²) in [5.41, 5.74) is 0.914. The van der Waals surface area contributed by atoms with Crippen LogP contribution in [-0.2, 0) is 11.3 Å². The molecule has 0 radical (unpaired) electrons. The Morgan fingerprint density at radius 2 is 2.07 bits per heavy atom. The fourth-order valence-corrected chi connectivity index (χ4v) is 1.31. The Morgan fingerprint density at radius 3 is 2.86 bits per heavy atom. The molecule has 0 aliphatic carbocycles. The van der Waals surface area contributed by atoms with E-state index in [0.29, 0.717) is 19.8 Å². The maximum absolute atomic E-state index is 9.92. The first-order valence-electron chi connectivity index (χ1n) is 4.32. The van der Waals surface area contributed by atoms with Crippen LogP contribution in [0.25, 0.3) is 0 Å². The summed E-state index contributed by atoms with van der Waals surface area (Å²) in [6.45, 7) is 1.48. The molecule has 0 aromatic heterocycles. The molecule has 0 spiro atoms. The Morgan fingerprint density at radius 1 is 1.29 bits per heavy atom. The number of carbonyl (C=O) groups excluding carboxylic acids is 1. The number of isocyanates is 1. The molecule has 0 saturated heterocycles. The predicted molar refractivity (Wildman–Crippen MR) is 49.3 cm³/mol. The van der Waals surface area contributed by atoms with Crippen LogP contribution in [0.2, 0.25) is 0 Å². The number of aliphatic imine (C=N–C) groups is 1. The quantitative estimate of drug-likeness (QED) is 0.522. The van der Waals surface area contributed by atoms with Gasteiger partial charge in [-0.25, -0.2) is 9.79 Å². The molecule has 0 atom stereocenters. The molecule has 72 valence electrons. The molecule has 2 rings (SSSR count). The van der Waals surface area contributed by atoms with Gasteiger partial charge in [0.2, 0.25) is 6.08 Å². The van der Waals surface area contributed by atoms with E-state index in [4.69, 9.17) is 9.47 Å². The van der Waals surface area contributed by atoms with Crippen molar-refractivity contribution in [1.82, 2.24) is 0 Å². The van der Waals surface area contributed by atoms with Gasteiger partial charge in [0.05, 0.1) is 6.54 Å². The lowest BCUT2D eigenvalue weighted by Gasteiger charge is -2.18. The van der Waals surface area contributed by atoms with E-state index in [-0.39, 0.29) is 0 Å². The van der Waals surface area contributed by atoms with Crippen molar-refractivity contribution in [3.8, 4) is 11.5 Å². The molecule has 14 heavy (non-hydrogen) atoms. The normalized spacial score (nSPS) is 13.1. The second kappa shape index (κ2) is 3.94. The third-order valence-electron chi connectivity index (χ3n) is 1.93. The van der Waals surface area contributed by atoms with Crippen LogP contribution in [-0.4, -0.2) is 19.3 Å². The number of hydrogen-bond acceptors (Lipinski definition) is 4. The summed E-state index contributed by atoms with van der Waals surface area (Å²) >= 11 is 0. The van der Waals surface area contributed by atoms with Gasteiger partial charge in [0.1, 0.15) is 13.2 Å². The standard InChI is InChI=1S/C10H9NO3/c12-7-11-6-8-1-2-9-10(5-8)14-4-3-13-9/h1-2,5H,3-4,6H2. The fourth-order valence-electron chi connectivity index (χ4n) is 1.31. The highest BCUT2D eigenvalue weighted by atomic mass is 16.6. The average Bonchev–Trinajstić information content (AvgIpc) is 2.26. The van der Waals surface area contributed by atoms with Crippen molar-refractivity contribution in [2.75, 3.05) is 13.2 Å². The Hall–Kier alpha value is -1.80. The van der Waals surface area contributed by atoms with E-state index in [1.165, 1.54) is 6.08 Å². The lowest BCUT2D eigenvalue weighted by Crippen LogP contribution is -2.15. The molecule has 1 heterocycles. The minimum atomic E-state index is 0.333. The van der Waals surface area contributed by atoms with Gasteiger partial charge in [0.25, 0.3) is 0 Å². The summed E-state index contributed by atoms with van der Waals surface area (Å²) in [4.78, 5) is 13.4. The highest BCUT2D eigenvalue weighted by Crippen LogP contribution is 2.30. The Bertz CT molecular complexity index is 383. The van der Waals surface area contributed by atoms with Crippen molar-refractivity contribution in [3.05, 3.63) is 23.8 Å². The van der Waals surface area contributed by atoms with Gasteiger partial charge >= 0.3 is 0 Å². The zero-order valence-electron chi connectivity index (χ0n) is 7.53. The van der Waals surface area contributed by atoms with E-state index in [9.17, 15) is 4.79 Å². The summed E-state index contributed by atoms with van der Waals surface area (Å²) in [5, 5.41) is 0. The lowest BCUT2D eigenvalue weighted by molar-refractivity contribution is 0.171. The first-order valence-corrected chi connectivity index (χ1v) is 4.32. The van der Waals surface area contributed by atoms with Crippen molar-refractivity contribution >= 4 is 6.08 Å². The predicted octanol–water partition coefficient (Wildman–Crippen LogP) is 1.29. The van der Waals surface area contributed by atoms with Gasteiger partial charge in [-0.2, -0.15) is 0 Å². The van der Waals surface area contributed by atoms with Gasteiger partial charge < -0.3 is 9.47 Å². The third kappa shape index (κ3) is 1.75. The average molecular weight is 191 g/mol. The number of benzene rings is 1. The summed E-state index contributed by atoms with van der Waals surface area (Å²) < 4.78 is 10.7. The molecule has 0 amide bonds. The van der Waals surface area contributed by atoms with Crippen molar-refractivity contribution in [2.24, 2.45) is 4.99 Å². The summed E-state index contributed by atoms with van der Waals surface area (Å²) in [6, 6.07) is 5.51. The zero-order chi connectivity index (χ0) is 9.80. The Balaban J connectivity index is 2.24. The Kier molecular flexibility index (Phi) is 2.47. The van der Waals surface area contributed by atoms with Crippen LogP contribution < -0.4 is 9.47 Å². The van der Waals surface area contributed by atoms with E-state index in [1.807, 2.05) is 18.2 Å². The largest absolute Gasteiger partial charge is 0.486 e. The van der Waals surface area contributed by atoms with Gasteiger partial charge in [0.15, 0.2) is 11.5 Å². The van der Waals surface area contributed by atoms with Crippen LogP contribution in [0.4, 0.5) is 0 Å². The van der Waals surface area contributed by atoms with Crippen LogP contribution in [0.15, 0.2) is 23.2 Å². The van der Waals surface area contributed by atoms with Crippen molar-refractivity contribution in [1.29, 1.82) is 0 Å². The van der Waals surface area contributed by atoms with Gasteiger partial charge in [-0.1, -0.05) is 6.07 Å². The Labute approximate surface area is 81.2 Å². The van der Waals surface area contributed by atoms with E-state index in [0.717, 1.165) is 17.1 Å². The second-order valence-electron chi connectivity index (χ2n) is 2.89. The highest BCUT2D eigenvalue weighted by Gasteiger charge is 2.10. The highest BCUT2D eigenvalue weighted by molar-refractivity contribution is 5.44. The van der Waals surface area contributed by atoms with Crippen LogP contribution in [0.3, 0.4) is 0 Å². The minimum absolute atomic E-state index is 0.333. The number of rotatable bonds is 2. The molecule has 1 aliphatic rings. The molecule has 0 fully saturated rings. The number of fused-ring (bicyclic) bond motifs is 1. The number of ether oxygens (including phenoxy) is 2. The zero-order valence-corrected chi connectivity index (χ0v) is 7.53. The van der Waals surface area contributed by atoms with Gasteiger partial charge in [0, 0.05) is 0 Å². The summed E-state index contributed by atoms with van der Waals surface area (Å²) in [5.74, 6) is 1.46. The van der Waals surface area contributed by atoms with Gasteiger partial charge in [-0.05, 0) is 17.7 Å². The monoisotopic (exact) mass is 191 g/mol. The third-order valence-corrected chi connectivity index (χ3v) is 1.93. The first kappa shape index (κ1) is 8.78. The fraction of sp³-hybridized carbons (Fsp3) is 0.300. The van der Waals surface area contributed by atoms with E-state index in [1.54, 1.807) is 0 Å². The number of hydrogen-bond donors (Lipinski definition) is 0. The molecule has 0 saturated carbocycles. The summed E-state index contributed by atoms with van der Waals surface area (Å²) in [6.07, 6.45) is 1.50. The van der Waals surface area contributed by atoms with Crippen LogP contribution >= 0.6 is 0 Å². The lowest BCUT2D eigenvalue weighted by atomic mass is 10.2. The minimum Gasteiger partial charge on any atom is -0.486 e. The van der Waals surface area contributed by atoms with Crippen LogP contribution in [0, 0.1) is 0 Å². The number of nitrogens with zero attached hydrogens (tertiary/aromatic N) is 1. The van der Waals surface area contributed by atoms with E-state index < -0.39 is 0 Å².